The third-order valence-electron chi connectivity index (χ3n) is 2.70. The van der Waals surface area contributed by atoms with Crippen molar-refractivity contribution in [3.63, 3.8) is 0 Å². The fourth-order valence-corrected chi connectivity index (χ4v) is 1.60. The van der Waals surface area contributed by atoms with Crippen LogP contribution in [0.3, 0.4) is 0 Å². The first-order valence-electron chi connectivity index (χ1n) is 4.46. The molecule has 1 atom stereocenters. The van der Waals surface area contributed by atoms with E-state index in [1.54, 1.807) is 18.6 Å². The second-order valence-corrected chi connectivity index (χ2v) is 3.57. The van der Waals surface area contributed by atoms with Gasteiger partial charge in [-0.1, -0.05) is 0 Å². The minimum atomic E-state index is -0.740. The Balaban J connectivity index is 2.17. The van der Waals surface area contributed by atoms with E-state index in [9.17, 15) is 5.11 Å². The van der Waals surface area contributed by atoms with Crippen molar-refractivity contribution in [1.29, 1.82) is 0 Å². The van der Waals surface area contributed by atoms with Crippen molar-refractivity contribution in [3.8, 4) is 0 Å². The summed E-state index contributed by atoms with van der Waals surface area (Å²) in [5.41, 5.74) is 5.81. The molecule has 70 valence electrons. The Morgan fingerprint density at radius 2 is 2.23 bits per heavy atom. The highest BCUT2D eigenvalue weighted by atomic mass is 16.3. The zero-order valence-corrected chi connectivity index (χ0v) is 7.35. The van der Waals surface area contributed by atoms with Crippen molar-refractivity contribution in [2.24, 2.45) is 5.73 Å². The van der Waals surface area contributed by atoms with E-state index in [1.807, 2.05) is 0 Å². The molecule has 0 aliphatic heterocycles. The molecule has 2 rings (SSSR count). The molecule has 0 spiro atoms. The highest BCUT2D eigenvalue weighted by molar-refractivity contribution is 5.11. The van der Waals surface area contributed by atoms with Crippen molar-refractivity contribution in [2.75, 3.05) is 0 Å². The summed E-state index contributed by atoms with van der Waals surface area (Å²) in [5.74, 6) is 0. The minimum Gasteiger partial charge on any atom is -0.388 e. The topological polar surface area (TPSA) is 72.0 Å². The highest BCUT2D eigenvalue weighted by Gasteiger charge is 2.41. The van der Waals surface area contributed by atoms with E-state index < -0.39 is 11.6 Å². The standard InChI is InChI=1S/C9H13N3O/c10-8(9(13)2-1-3-9)7-6-11-4-5-12-7/h4-6,8,13H,1-3,10H2. The Labute approximate surface area is 76.8 Å². The Kier molecular flexibility index (Phi) is 2.01. The van der Waals surface area contributed by atoms with Crippen molar-refractivity contribution in [2.45, 2.75) is 30.9 Å². The molecular weight excluding hydrogens is 166 g/mol. The molecule has 1 unspecified atom stereocenters. The first-order chi connectivity index (χ1) is 6.22. The van der Waals surface area contributed by atoms with Crippen LogP contribution in [0.25, 0.3) is 0 Å². The maximum Gasteiger partial charge on any atom is 0.0855 e. The first-order valence-corrected chi connectivity index (χ1v) is 4.46. The number of hydrogen-bond acceptors (Lipinski definition) is 4. The monoisotopic (exact) mass is 179 g/mol. The summed E-state index contributed by atoms with van der Waals surface area (Å²) < 4.78 is 0. The molecule has 13 heavy (non-hydrogen) atoms. The van der Waals surface area contributed by atoms with E-state index in [2.05, 4.69) is 9.97 Å². The normalized spacial score (nSPS) is 22.0. The molecule has 0 aromatic carbocycles. The molecule has 1 fully saturated rings. The molecule has 1 aliphatic carbocycles. The summed E-state index contributed by atoms with van der Waals surface area (Å²) in [4.78, 5) is 8.00. The van der Waals surface area contributed by atoms with Gasteiger partial charge in [0.2, 0.25) is 0 Å². The van der Waals surface area contributed by atoms with Crippen LogP contribution >= 0.6 is 0 Å². The van der Waals surface area contributed by atoms with Gasteiger partial charge in [-0.2, -0.15) is 0 Å². The van der Waals surface area contributed by atoms with E-state index in [4.69, 9.17) is 5.73 Å². The fraction of sp³-hybridized carbons (Fsp3) is 0.556. The molecule has 0 radical (unpaired) electrons. The number of hydrogen-bond donors (Lipinski definition) is 2. The smallest absolute Gasteiger partial charge is 0.0855 e. The molecule has 1 aliphatic rings. The predicted molar refractivity (Wildman–Crippen MR) is 47.8 cm³/mol. The second-order valence-electron chi connectivity index (χ2n) is 3.57. The van der Waals surface area contributed by atoms with Crippen LogP contribution in [0.15, 0.2) is 18.6 Å². The summed E-state index contributed by atoms with van der Waals surface area (Å²) in [6, 6.07) is -0.394. The summed E-state index contributed by atoms with van der Waals surface area (Å²) >= 11 is 0. The summed E-state index contributed by atoms with van der Waals surface area (Å²) in [6.45, 7) is 0. The molecule has 1 aromatic rings. The van der Waals surface area contributed by atoms with Gasteiger partial charge in [-0.15, -0.1) is 0 Å². The lowest BCUT2D eigenvalue weighted by Gasteiger charge is -2.40. The largest absolute Gasteiger partial charge is 0.388 e. The zero-order valence-electron chi connectivity index (χ0n) is 7.35. The maximum atomic E-state index is 9.94. The van der Waals surface area contributed by atoms with Gasteiger partial charge >= 0.3 is 0 Å². The van der Waals surface area contributed by atoms with Gasteiger partial charge in [-0.05, 0) is 19.3 Å². The Bertz CT molecular complexity index is 284. The Morgan fingerprint density at radius 3 is 2.69 bits per heavy atom. The molecule has 1 aromatic heterocycles. The van der Waals surface area contributed by atoms with Gasteiger partial charge in [0.15, 0.2) is 0 Å². The summed E-state index contributed by atoms with van der Waals surface area (Å²) in [7, 11) is 0. The van der Waals surface area contributed by atoms with Crippen molar-refractivity contribution in [1.82, 2.24) is 9.97 Å². The van der Waals surface area contributed by atoms with Crippen LogP contribution in [0.1, 0.15) is 31.0 Å². The average molecular weight is 179 g/mol. The molecule has 0 amide bonds. The van der Waals surface area contributed by atoms with Crippen molar-refractivity contribution < 1.29 is 5.11 Å². The van der Waals surface area contributed by atoms with E-state index in [-0.39, 0.29) is 0 Å². The van der Waals surface area contributed by atoms with Gasteiger partial charge in [0, 0.05) is 12.4 Å². The maximum absolute atomic E-state index is 9.94. The van der Waals surface area contributed by atoms with Crippen LogP contribution in [0.2, 0.25) is 0 Å². The Morgan fingerprint density at radius 1 is 1.46 bits per heavy atom. The molecule has 1 saturated carbocycles. The molecule has 3 N–H and O–H groups in total. The number of rotatable bonds is 2. The van der Waals surface area contributed by atoms with E-state index in [0.29, 0.717) is 5.69 Å². The van der Waals surface area contributed by atoms with Gasteiger partial charge in [0.1, 0.15) is 0 Å². The van der Waals surface area contributed by atoms with E-state index in [1.165, 1.54) is 0 Å². The van der Waals surface area contributed by atoms with Crippen LogP contribution in [0.4, 0.5) is 0 Å². The highest BCUT2D eigenvalue weighted by Crippen LogP contribution is 2.39. The van der Waals surface area contributed by atoms with Crippen LogP contribution < -0.4 is 5.73 Å². The lowest BCUT2D eigenvalue weighted by Crippen LogP contribution is -2.47. The van der Waals surface area contributed by atoms with Crippen LogP contribution in [-0.4, -0.2) is 20.7 Å². The summed E-state index contributed by atoms with van der Waals surface area (Å²) in [5, 5.41) is 9.94. The zero-order chi connectivity index (χ0) is 9.31. The van der Waals surface area contributed by atoms with E-state index >= 15 is 0 Å². The Hall–Kier alpha value is -1.00. The van der Waals surface area contributed by atoms with Crippen molar-refractivity contribution in [3.05, 3.63) is 24.3 Å². The number of aromatic nitrogens is 2. The number of aliphatic hydroxyl groups is 1. The minimum absolute atomic E-state index is 0.394. The lowest BCUT2D eigenvalue weighted by molar-refractivity contribution is -0.0570. The number of nitrogens with zero attached hydrogens (tertiary/aromatic N) is 2. The molecule has 0 saturated heterocycles. The lowest BCUT2D eigenvalue weighted by atomic mass is 9.74. The van der Waals surface area contributed by atoms with Crippen LogP contribution in [0.5, 0.6) is 0 Å². The van der Waals surface area contributed by atoms with Gasteiger partial charge < -0.3 is 10.8 Å². The molecular formula is C9H13N3O. The molecule has 1 heterocycles. The predicted octanol–water partition coefficient (Wildman–Crippen LogP) is 0.391. The fourth-order valence-electron chi connectivity index (χ4n) is 1.60. The quantitative estimate of drug-likeness (QED) is 0.689. The summed E-state index contributed by atoms with van der Waals surface area (Å²) in [6.07, 6.45) is 7.39. The second kappa shape index (κ2) is 3.05. The van der Waals surface area contributed by atoms with Gasteiger partial charge in [0.05, 0.1) is 23.5 Å². The third-order valence-corrected chi connectivity index (χ3v) is 2.70. The molecule has 4 heteroatoms. The van der Waals surface area contributed by atoms with Crippen LogP contribution in [0, 0.1) is 0 Å². The first kappa shape index (κ1) is 8.59. The van der Waals surface area contributed by atoms with E-state index in [0.717, 1.165) is 19.3 Å². The third kappa shape index (κ3) is 1.43. The molecule has 0 bridgehead atoms. The SMILES string of the molecule is NC(c1cnccn1)C1(O)CCC1. The van der Waals surface area contributed by atoms with Gasteiger partial charge in [-0.3, -0.25) is 9.97 Å². The van der Waals surface area contributed by atoms with Crippen molar-refractivity contribution >= 4 is 0 Å². The molecule has 4 nitrogen and oxygen atoms in total. The van der Waals surface area contributed by atoms with Gasteiger partial charge in [-0.25, -0.2) is 0 Å². The van der Waals surface area contributed by atoms with Gasteiger partial charge in [0.25, 0.3) is 0 Å². The number of nitrogens with two attached hydrogens (primary N) is 1. The average Bonchev–Trinajstić information content (AvgIpc) is 2.14. The van der Waals surface area contributed by atoms with Crippen LogP contribution in [-0.2, 0) is 0 Å².